The van der Waals surface area contributed by atoms with Crippen LogP contribution in [-0.2, 0) is 0 Å². The zero-order chi connectivity index (χ0) is 7.97. The van der Waals surface area contributed by atoms with Gasteiger partial charge in [-0.05, 0) is 49.4 Å². The zero-order valence-electron chi connectivity index (χ0n) is 7.97. The zero-order valence-corrected chi connectivity index (χ0v) is 7.97. The Balaban J connectivity index is 1.81. The molecule has 0 heteroatoms. The number of hydrogen-bond acceptors (Lipinski definition) is 0. The van der Waals surface area contributed by atoms with E-state index in [1.807, 2.05) is 0 Å². The van der Waals surface area contributed by atoms with Crippen molar-refractivity contribution in [2.24, 2.45) is 23.7 Å². The van der Waals surface area contributed by atoms with Crippen LogP contribution in [0.15, 0.2) is 0 Å². The summed E-state index contributed by atoms with van der Waals surface area (Å²) in [5.74, 6) is 4.73. The second-order valence-electron chi connectivity index (χ2n) is 5.29. The van der Waals surface area contributed by atoms with E-state index < -0.39 is 0 Å². The molecule has 12 heavy (non-hydrogen) atoms. The lowest BCUT2D eigenvalue weighted by atomic mass is 9.53. The van der Waals surface area contributed by atoms with Crippen molar-refractivity contribution in [3.63, 3.8) is 0 Å². The minimum Gasteiger partial charge on any atom is -0.0530 e. The Morgan fingerprint density at radius 1 is 0.500 bits per heavy atom. The van der Waals surface area contributed by atoms with Crippen LogP contribution in [0, 0.1) is 23.7 Å². The molecule has 4 rings (SSSR count). The fourth-order valence-electron chi connectivity index (χ4n) is 4.11. The van der Waals surface area contributed by atoms with Crippen LogP contribution in [0.5, 0.6) is 0 Å². The van der Waals surface area contributed by atoms with Crippen molar-refractivity contribution >= 4 is 0 Å². The molecule has 0 aromatic rings. The van der Waals surface area contributed by atoms with Crippen LogP contribution < -0.4 is 0 Å². The molecule has 0 saturated heterocycles. The maximum absolute atomic E-state index is 1.59. The molecule has 4 atom stereocenters. The van der Waals surface area contributed by atoms with Crippen molar-refractivity contribution in [2.45, 2.75) is 51.4 Å². The van der Waals surface area contributed by atoms with Gasteiger partial charge in [0, 0.05) is 0 Å². The summed E-state index contributed by atoms with van der Waals surface area (Å²) in [5.41, 5.74) is 0. The summed E-state index contributed by atoms with van der Waals surface area (Å²) in [6.07, 6.45) is 12.6. The molecule has 68 valence electrons. The van der Waals surface area contributed by atoms with Gasteiger partial charge in [0.1, 0.15) is 0 Å². The van der Waals surface area contributed by atoms with Gasteiger partial charge in [0.15, 0.2) is 0 Å². The van der Waals surface area contributed by atoms with E-state index in [-0.39, 0.29) is 0 Å². The van der Waals surface area contributed by atoms with E-state index in [4.69, 9.17) is 0 Å². The molecule has 0 aliphatic heterocycles. The van der Waals surface area contributed by atoms with E-state index in [2.05, 4.69) is 0 Å². The predicted octanol–water partition coefficient (Wildman–Crippen LogP) is 3.61. The third-order valence-electron chi connectivity index (χ3n) is 4.90. The van der Waals surface area contributed by atoms with Gasteiger partial charge < -0.3 is 0 Å². The van der Waals surface area contributed by atoms with Crippen LogP contribution in [0.25, 0.3) is 0 Å². The van der Waals surface area contributed by atoms with Gasteiger partial charge in [-0.2, -0.15) is 0 Å². The monoisotopic (exact) mass is 164 g/mol. The fraction of sp³-hybridized carbons (Fsp3) is 1.00. The van der Waals surface area contributed by atoms with Gasteiger partial charge in [0.2, 0.25) is 0 Å². The third-order valence-corrected chi connectivity index (χ3v) is 4.90. The molecule has 0 spiro atoms. The Bertz CT molecular complexity index is 145. The van der Waals surface area contributed by atoms with Crippen molar-refractivity contribution in [1.82, 2.24) is 0 Å². The summed E-state index contributed by atoms with van der Waals surface area (Å²) in [4.78, 5) is 0. The van der Waals surface area contributed by atoms with Gasteiger partial charge in [0.25, 0.3) is 0 Å². The molecule has 4 aliphatic rings. The first kappa shape index (κ1) is 7.41. The van der Waals surface area contributed by atoms with Gasteiger partial charge >= 0.3 is 0 Å². The minimum absolute atomic E-state index is 1.17. The lowest BCUT2D eigenvalue weighted by molar-refractivity contribution is -0.0173. The largest absolute Gasteiger partial charge is 0.0530 e. The van der Waals surface area contributed by atoms with Gasteiger partial charge in [-0.3, -0.25) is 0 Å². The molecule has 0 radical (unpaired) electrons. The Morgan fingerprint density at radius 2 is 1.00 bits per heavy atom. The van der Waals surface area contributed by atoms with Crippen LogP contribution in [0.4, 0.5) is 0 Å². The molecule has 0 aromatic heterocycles. The fourth-order valence-corrected chi connectivity index (χ4v) is 4.11. The highest BCUT2D eigenvalue weighted by molar-refractivity contribution is 4.95. The first-order valence-corrected chi connectivity index (χ1v) is 5.95. The van der Waals surface area contributed by atoms with E-state index >= 15 is 0 Å². The molecular formula is C12H20. The maximum atomic E-state index is 1.59. The van der Waals surface area contributed by atoms with Gasteiger partial charge in [-0.15, -0.1) is 0 Å². The van der Waals surface area contributed by atoms with Crippen LogP contribution in [0.1, 0.15) is 51.4 Å². The topological polar surface area (TPSA) is 0 Å². The summed E-state index contributed by atoms with van der Waals surface area (Å²) in [6.45, 7) is 0. The van der Waals surface area contributed by atoms with Crippen molar-refractivity contribution in [3.8, 4) is 0 Å². The Labute approximate surface area is 75.7 Å². The molecule has 0 aromatic carbocycles. The number of fused-ring (bicyclic) bond motifs is 4. The first-order valence-electron chi connectivity index (χ1n) is 5.95. The molecule has 0 N–H and O–H groups in total. The smallest absolute Gasteiger partial charge is 0.0355 e. The maximum Gasteiger partial charge on any atom is -0.0355 e. The highest BCUT2D eigenvalue weighted by Gasteiger charge is 2.44. The molecule has 0 nitrogen and oxygen atoms in total. The highest BCUT2D eigenvalue weighted by Crippen LogP contribution is 2.54. The van der Waals surface area contributed by atoms with Crippen LogP contribution >= 0.6 is 0 Å². The van der Waals surface area contributed by atoms with Crippen molar-refractivity contribution in [1.29, 1.82) is 0 Å². The predicted molar refractivity (Wildman–Crippen MR) is 50.9 cm³/mol. The standard InChI is InChI=1S/C12H20/c1-2-4-10-6-5-9(3-1)11-7-8-12(10)11/h9-12H,1-8H2. The molecule has 4 saturated carbocycles. The molecule has 0 heterocycles. The average Bonchev–Trinajstić information content (AvgIpc) is 1.96. The Kier molecular flexibility index (Phi) is 1.70. The van der Waals surface area contributed by atoms with Crippen molar-refractivity contribution in [2.75, 3.05) is 0 Å². The highest BCUT2D eigenvalue weighted by atomic mass is 14.5. The molecule has 4 fully saturated rings. The molecule has 4 aliphatic carbocycles. The molecule has 0 amide bonds. The lowest BCUT2D eigenvalue weighted by Gasteiger charge is -2.52. The SMILES string of the molecule is C1CCC2CCC(C1)C1CCC21. The molecular weight excluding hydrogens is 144 g/mol. The summed E-state index contributed by atoms with van der Waals surface area (Å²) < 4.78 is 0. The lowest BCUT2D eigenvalue weighted by Crippen LogP contribution is -2.42. The van der Waals surface area contributed by atoms with E-state index in [1.165, 1.54) is 23.7 Å². The minimum atomic E-state index is 1.17. The second kappa shape index (κ2) is 2.75. The molecule has 2 bridgehead atoms. The number of hydrogen-bond donors (Lipinski definition) is 0. The van der Waals surface area contributed by atoms with Crippen LogP contribution in [0.2, 0.25) is 0 Å². The van der Waals surface area contributed by atoms with E-state index in [0.29, 0.717) is 0 Å². The van der Waals surface area contributed by atoms with Gasteiger partial charge in [-0.1, -0.05) is 25.7 Å². The summed E-state index contributed by atoms with van der Waals surface area (Å²) >= 11 is 0. The number of rotatable bonds is 0. The first-order chi connectivity index (χ1) is 5.95. The quantitative estimate of drug-likeness (QED) is 0.513. The normalized spacial score (nSPS) is 52.0. The van der Waals surface area contributed by atoms with Gasteiger partial charge in [-0.25, -0.2) is 0 Å². The summed E-state index contributed by atoms with van der Waals surface area (Å²) in [5, 5.41) is 0. The summed E-state index contributed by atoms with van der Waals surface area (Å²) in [7, 11) is 0. The van der Waals surface area contributed by atoms with E-state index in [1.54, 1.807) is 51.4 Å². The van der Waals surface area contributed by atoms with E-state index in [9.17, 15) is 0 Å². The second-order valence-corrected chi connectivity index (χ2v) is 5.29. The summed E-state index contributed by atoms with van der Waals surface area (Å²) in [6, 6.07) is 0. The van der Waals surface area contributed by atoms with E-state index in [0.717, 1.165) is 0 Å². The molecule has 4 unspecified atom stereocenters. The van der Waals surface area contributed by atoms with Crippen LogP contribution in [0.3, 0.4) is 0 Å². The third kappa shape index (κ3) is 0.963. The van der Waals surface area contributed by atoms with Crippen molar-refractivity contribution < 1.29 is 0 Å². The Morgan fingerprint density at radius 3 is 1.42 bits per heavy atom. The Hall–Kier alpha value is 0. The van der Waals surface area contributed by atoms with Crippen LogP contribution in [-0.4, -0.2) is 0 Å². The van der Waals surface area contributed by atoms with Crippen molar-refractivity contribution in [3.05, 3.63) is 0 Å². The van der Waals surface area contributed by atoms with Gasteiger partial charge in [0.05, 0.1) is 0 Å². The average molecular weight is 164 g/mol.